The van der Waals surface area contributed by atoms with Crippen LogP contribution in [0.4, 0.5) is 43.9 Å². The molecular weight excluding hydrogens is 614 g/mol. The number of halogens is 11. The fourth-order valence-electron chi connectivity index (χ4n) is 4.40. The van der Waals surface area contributed by atoms with Gasteiger partial charge in [0.1, 0.15) is 40.4 Å². The van der Waals surface area contributed by atoms with Gasteiger partial charge in [0.15, 0.2) is 17.5 Å². The molecule has 220 valence electrons. The van der Waals surface area contributed by atoms with Crippen molar-refractivity contribution in [3.8, 4) is 39.1 Å². The summed E-state index contributed by atoms with van der Waals surface area (Å²) in [5.74, 6) is -12.9. The maximum atomic E-state index is 15.0. The van der Waals surface area contributed by atoms with Gasteiger partial charge in [-0.25, -0.2) is 35.1 Å². The molecule has 1 nitrogen and oxygen atoms in total. The lowest BCUT2D eigenvalue weighted by molar-refractivity contribution is -0.189. The van der Waals surface area contributed by atoms with Gasteiger partial charge in [-0.05, 0) is 71.3 Å². The number of hydrogen-bond donors (Lipinski definition) is 0. The van der Waals surface area contributed by atoms with Crippen molar-refractivity contribution in [2.24, 2.45) is 0 Å². The Morgan fingerprint density at radius 3 is 1.63 bits per heavy atom. The molecule has 0 saturated heterocycles. The predicted molar refractivity (Wildman–Crippen MR) is 138 cm³/mol. The number of ether oxygens (including phenoxy) is 1. The lowest BCUT2D eigenvalue weighted by Crippen LogP contribution is -2.25. The molecule has 5 rings (SSSR count). The molecule has 0 fully saturated rings. The molecule has 0 aromatic heterocycles. The molecule has 0 atom stereocenters. The molecule has 0 heterocycles. The zero-order valence-electron chi connectivity index (χ0n) is 21.1. The lowest BCUT2D eigenvalue weighted by atomic mass is 9.97. The van der Waals surface area contributed by atoms with Crippen LogP contribution in [0.15, 0.2) is 78.9 Å². The van der Waals surface area contributed by atoms with Crippen LogP contribution in [-0.4, -0.2) is 0 Å². The summed E-state index contributed by atoms with van der Waals surface area (Å²) in [6.45, 7) is 0. The lowest BCUT2D eigenvalue weighted by Gasteiger charge is -2.20. The van der Waals surface area contributed by atoms with E-state index in [0.29, 0.717) is 30.3 Å². The van der Waals surface area contributed by atoms with E-state index in [-0.39, 0.29) is 11.1 Å². The van der Waals surface area contributed by atoms with Crippen molar-refractivity contribution in [3.05, 3.63) is 136 Å². The van der Waals surface area contributed by atoms with Crippen molar-refractivity contribution < 1.29 is 48.6 Å². The van der Waals surface area contributed by atoms with E-state index in [0.717, 1.165) is 30.3 Å². The van der Waals surface area contributed by atoms with Crippen LogP contribution in [0.1, 0.15) is 5.56 Å². The van der Waals surface area contributed by atoms with Gasteiger partial charge in [0.05, 0.1) is 5.02 Å². The highest BCUT2D eigenvalue weighted by atomic mass is 35.5. The third kappa shape index (κ3) is 5.77. The van der Waals surface area contributed by atoms with Crippen molar-refractivity contribution in [1.82, 2.24) is 0 Å². The van der Waals surface area contributed by atoms with E-state index in [1.807, 2.05) is 0 Å². The fraction of sp³-hybridized carbons (Fsp3) is 0.0323. The van der Waals surface area contributed by atoms with Crippen LogP contribution in [0.25, 0.3) is 33.4 Å². The topological polar surface area (TPSA) is 9.23 Å². The Bertz CT molecular complexity index is 1820. The summed E-state index contributed by atoms with van der Waals surface area (Å²) in [7, 11) is 0. The third-order valence-corrected chi connectivity index (χ3v) is 6.63. The Morgan fingerprint density at radius 1 is 0.512 bits per heavy atom. The smallest absolute Gasteiger partial charge is 0.429 e. The molecule has 0 aliphatic heterocycles. The van der Waals surface area contributed by atoms with E-state index in [4.69, 9.17) is 11.6 Å². The van der Waals surface area contributed by atoms with Gasteiger partial charge in [0, 0.05) is 22.8 Å². The van der Waals surface area contributed by atoms with Crippen LogP contribution in [-0.2, 0) is 6.11 Å². The molecule has 5 aromatic carbocycles. The summed E-state index contributed by atoms with van der Waals surface area (Å²) in [5, 5.41) is -0.399. The molecule has 0 amide bonds. The Hall–Kier alpha value is -4.51. The largest absolute Gasteiger partial charge is 0.432 e. The van der Waals surface area contributed by atoms with Crippen LogP contribution in [0.3, 0.4) is 0 Å². The van der Waals surface area contributed by atoms with Gasteiger partial charge in [-0.3, -0.25) is 0 Å². The molecule has 0 saturated carbocycles. The second-order valence-corrected chi connectivity index (χ2v) is 9.53. The molecule has 0 N–H and O–H groups in total. The van der Waals surface area contributed by atoms with Crippen molar-refractivity contribution >= 4 is 11.6 Å². The third-order valence-electron chi connectivity index (χ3n) is 6.33. The quantitative estimate of drug-likeness (QED) is 0.135. The van der Waals surface area contributed by atoms with E-state index >= 15 is 4.39 Å². The Balaban J connectivity index is 1.45. The highest BCUT2D eigenvalue weighted by Crippen LogP contribution is 2.41. The minimum absolute atomic E-state index is 0.00907. The van der Waals surface area contributed by atoms with Gasteiger partial charge >= 0.3 is 6.11 Å². The highest BCUT2D eigenvalue weighted by molar-refractivity contribution is 6.33. The predicted octanol–water partition coefficient (Wildman–Crippen LogP) is 10.6. The molecule has 0 bridgehead atoms. The Kier molecular flexibility index (Phi) is 7.87. The molecule has 12 heteroatoms. The van der Waals surface area contributed by atoms with Gasteiger partial charge < -0.3 is 4.74 Å². The van der Waals surface area contributed by atoms with Gasteiger partial charge in [-0.1, -0.05) is 29.8 Å². The summed E-state index contributed by atoms with van der Waals surface area (Å²) in [4.78, 5) is 0. The van der Waals surface area contributed by atoms with E-state index < -0.39 is 91.2 Å². The van der Waals surface area contributed by atoms with Crippen LogP contribution in [0.5, 0.6) is 5.75 Å². The van der Waals surface area contributed by atoms with E-state index in [1.54, 1.807) is 0 Å². The minimum Gasteiger partial charge on any atom is -0.429 e. The maximum Gasteiger partial charge on any atom is 0.432 e. The van der Waals surface area contributed by atoms with Gasteiger partial charge in [-0.2, -0.15) is 8.78 Å². The zero-order chi connectivity index (χ0) is 31.2. The second-order valence-electron chi connectivity index (χ2n) is 9.12. The first-order chi connectivity index (χ1) is 20.3. The standard InChI is InChI=1S/C31H13ClF10O/c32-20-7-14(18-3-1-2-4-21(18)33)8-23(35)28(20)16-11-24(36)29(25(37)12-16)31(41,42)43-17-5-6-19(22(34)13-17)15-9-26(38)30(40)27(39)10-15/h1-13H. The first kappa shape index (κ1) is 30.0. The SMILES string of the molecule is Fc1ccccc1-c1cc(F)c(-c2cc(F)c(C(F)(F)Oc3ccc(-c4cc(F)c(F)c(F)c4)c(F)c3)c(F)c2)c(Cl)c1. The summed E-state index contributed by atoms with van der Waals surface area (Å²) >= 11 is 6.13. The maximum absolute atomic E-state index is 15.0. The van der Waals surface area contributed by atoms with Crippen molar-refractivity contribution in [2.45, 2.75) is 6.11 Å². The first-order valence-corrected chi connectivity index (χ1v) is 12.4. The Labute approximate surface area is 241 Å². The van der Waals surface area contributed by atoms with Crippen LogP contribution < -0.4 is 4.74 Å². The second kappa shape index (κ2) is 11.3. The summed E-state index contributed by atoms with van der Waals surface area (Å²) in [5.41, 5.74) is -4.01. The summed E-state index contributed by atoms with van der Waals surface area (Å²) in [6.07, 6.45) is -4.74. The number of benzene rings is 5. The normalized spacial score (nSPS) is 11.6. The average Bonchev–Trinajstić information content (AvgIpc) is 2.90. The average molecular weight is 627 g/mol. The van der Waals surface area contributed by atoms with E-state index in [2.05, 4.69) is 4.74 Å². The fourth-order valence-corrected chi connectivity index (χ4v) is 4.72. The van der Waals surface area contributed by atoms with Crippen molar-refractivity contribution in [2.75, 3.05) is 0 Å². The van der Waals surface area contributed by atoms with Gasteiger partial charge in [0.2, 0.25) is 0 Å². The molecular formula is C31H13ClF10O. The van der Waals surface area contributed by atoms with Gasteiger partial charge in [-0.15, -0.1) is 0 Å². The van der Waals surface area contributed by atoms with Crippen molar-refractivity contribution in [1.29, 1.82) is 0 Å². The number of rotatable bonds is 6. The van der Waals surface area contributed by atoms with E-state index in [1.165, 1.54) is 18.2 Å². The molecule has 5 aromatic rings. The van der Waals surface area contributed by atoms with Gasteiger partial charge in [0.25, 0.3) is 0 Å². The van der Waals surface area contributed by atoms with E-state index in [9.17, 15) is 39.5 Å². The highest BCUT2D eigenvalue weighted by Gasteiger charge is 2.41. The minimum atomic E-state index is -4.74. The zero-order valence-corrected chi connectivity index (χ0v) is 21.8. The first-order valence-electron chi connectivity index (χ1n) is 12.0. The van der Waals surface area contributed by atoms with Crippen LogP contribution in [0.2, 0.25) is 5.02 Å². The molecule has 0 spiro atoms. The summed E-state index contributed by atoms with van der Waals surface area (Å²) in [6, 6.07) is 10.9. The van der Waals surface area contributed by atoms with Crippen molar-refractivity contribution in [3.63, 3.8) is 0 Å². The molecule has 0 aliphatic carbocycles. The summed E-state index contributed by atoms with van der Waals surface area (Å²) < 4.78 is 148. The molecule has 43 heavy (non-hydrogen) atoms. The Morgan fingerprint density at radius 2 is 1.05 bits per heavy atom. The monoisotopic (exact) mass is 626 g/mol. The molecule has 0 aliphatic rings. The van der Waals surface area contributed by atoms with Crippen LogP contribution >= 0.6 is 11.6 Å². The molecule has 0 radical (unpaired) electrons. The number of alkyl halides is 2. The van der Waals surface area contributed by atoms with Crippen LogP contribution in [0, 0.1) is 46.5 Å². The molecule has 0 unspecified atom stereocenters. The number of hydrogen-bond acceptors (Lipinski definition) is 1.